The van der Waals surface area contributed by atoms with E-state index in [1.807, 2.05) is 0 Å². The van der Waals surface area contributed by atoms with E-state index in [-0.39, 0.29) is 31.1 Å². The van der Waals surface area contributed by atoms with Gasteiger partial charge in [-0.25, -0.2) is 0 Å². The molecule has 0 fully saturated rings. The van der Waals surface area contributed by atoms with Crippen LogP contribution in [0, 0.1) is 17.8 Å². The first-order valence-electron chi connectivity index (χ1n) is 25.6. The Morgan fingerprint density at radius 1 is 0.293 bits per heavy atom. The molecule has 0 saturated heterocycles. The fourth-order valence-electron chi connectivity index (χ4n) is 7.76. The Kier molecular flexibility index (Phi) is 42.3. The van der Waals surface area contributed by atoms with Gasteiger partial charge in [-0.05, 0) is 37.0 Å². The smallest absolute Gasteiger partial charge is 0.306 e. The first-order valence-corrected chi connectivity index (χ1v) is 25.6. The van der Waals surface area contributed by atoms with E-state index in [4.69, 9.17) is 14.2 Å². The summed E-state index contributed by atoms with van der Waals surface area (Å²) < 4.78 is 16.8. The summed E-state index contributed by atoms with van der Waals surface area (Å²) in [5, 5.41) is 0. The quantitative estimate of drug-likeness (QED) is 0.0346. The highest BCUT2D eigenvalue weighted by Gasteiger charge is 2.19. The Hall–Kier alpha value is -1.59. The molecule has 1 atom stereocenters. The van der Waals surface area contributed by atoms with Gasteiger partial charge in [0.1, 0.15) is 13.2 Å². The number of rotatable bonds is 45. The van der Waals surface area contributed by atoms with Gasteiger partial charge in [0.05, 0.1) is 0 Å². The Morgan fingerprint density at radius 3 is 0.741 bits per heavy atom. The fourth-order valence-corrected chi connectivity index (χ4v) is 7.76. The summed E-state index contributed by atoms with van der Waals surface area (Å²) in [7, 11) is 0. The van der Waals surface area contributed by atoms with Crippen molar-refractivity contribution in [2.45, 2.75) is 285 Å². The van der Waals surface area contributed by atoms with Gasteiger partial charge in [0.15, 0.2) is 6.10 Å². The van der Waals surface area contributed by atoms with Crippen LogP contribution in [0.25, 0.3) is 0 Å². The average molecular weight is 821 g/mol. The highest BCUT2D eigenvalue weighted by atomic mass is 16.6. The van der Waals surface area contributed by atoms with Crippen LogP contribution in [-0.4, -0.2) is 37.2 Å². The number of hydrogen-bond donors (Lipinski definition) is 0. The zero-order valence-corrected chi connectivity index (χ0v) is 39.8. The van der Waals surface area contributed by atoms with Crippen LogP contribution in [0.2, 0.25) is 0 Å². The Morgan fingerprint density at radius 2 is 0.500 bits per heavy atom. The standard InChI is InChI=1S/C52H100O6/c1-46(2)38-32-26-20-14-10-8-7-9-11-17-25-31-37-43-52(55)58-49(45-57-51(54)42-36-30-24-19-18-22-28-34-40-48(5)6)44-56-50(53)41-35-29-23-16-13-12-15-21-27-33-39-47(3)4/h46-49H,7-45H2,1-6H3/t49-/m0/s1. The molecule has 344 valence electrons. The van der Waals surface area contributed by atoms with Gasteiger partial charge < -0.3 is 14.2 Å². The van der Waals surface area contributed by atoms with Crippen LogP contribution >= 0.6 is 0 Å². The third-order valence-corrected chi connectivity index (χ3v) is 11.6. The predicted molar refractivity (Wildman–Crippen MR) is 247 cm³/mol. The minimum Gasteiger partial charge on any atom is -0.462 e. The van der Waals surface area contributed by atoms with Crippen LogP contribution in [0.5, 0.6) is 0 Å². The van der Waals surface area contributed by atoms with E-state index < -0.39 is 6.10 Å². The largest absolute Gasteiger partial charge is 0.462 e. The van der Waals surface area contributed by atoms with Crippen LogP contribution in [0.1, 0.15) is 279 Å². The lowest BCUT2D eigenvalue weighted by molar-refractivity contribution is -0.167. The van der Waals surface area contributed by atoms with Crippen molar-refractivity contribution in [3.8, 4) is 0 Å². The maximum atomic E-state index is 12.8. The summed E-state index contributed by atoms with van der Waals surface area (Å²) >= 11 is 0. The summed E-state index contributed by atoms with van der Waals surface area (Å²) in [4.78, 5) is 37.9. The number of esters is 3. The van der Waals surface area contributed by atoms with Crippen LogP contribution in [0.3, 0.4) is 0 Å². The van der Waals surface area contributed by atoms with Crippen molar-refractivity contribution >= 4 is 17.9 Å². The molecule has 0 aromatic heterocycles. The monoisotopic (exact) mass is 821 g/mol. The number of hydrogen-bond acceptors (Lipinski definition) is 6. The lowest BCUT2D eigenvalue weighted by Crippen LogP contribution is -2.30. The van der Waals surface area contributed by atoms with E-state index >= 15 is 0 Å². The molecule has 0 rings (SSSR count). The van der Waals surface area contributed by atoms with Crippen LogP contribution < -0.4 is 0 Å². The molecule has 0 aromatic carbocycles. The predicted octanol–water partition coefficient (Wildman–Crippen LogP) is 16.4. The number of carbonyl (C=O) groups excluding carboxylic acids is 3. The van der Waals surface area contributed by atoms with Gasteiger partial charge in [0, 0.05) is 19.3 Å². The zero-order chi connectivity index (χ0) is 42.7. The molecule has 0 aromatic rings. The molecule has 58 heavy (non-hydrogen) atoms. The van der Waals surface area contributed by atoms with E-state index in [0.717, 1.165) is 75.5 Å². The van der Waals surface area contributed by atoms with Crippen LogP contribution in [0.15, 0.2) is 0 Å². The number of carbonyl (C=O) groups is 3. The fraction of sp³-hybridized carbons (Fsp3) is 0.942. The van der Waals surface area contributed by atoms with Crippen LogP contribution in [-0.2, 0) is 28.6 Å². The van der Waals surface area contributed by atoms with E-state index in [1.165, 1.54) is 161 Å². The lowest BCUT2D eigenvalue weighted by atomic mass is 10.0. The summed E-state index contributed by atoms with van der Waals surface area (Å²) in [5.74, 6) is 1.60. The lowest BCUT2D eigenvalue weighted by Gasteiger charge is -2.18. The number of unbranched alkanes of at least 4 members (excludes halogenated alkanes) is 28. The SMILES string of the molecule is CC(C)CCCCCCCCCCCCCCCC(=O)O[C@@H](COC(=O)CCCCCCCCCCCCC(C)C)COC(=O)CCCCCCCCCCC(C)C. The van der Waals surface area contributed by atoms with E-state index in [0.29, 0.717) is 19.3 Å². The zero-order valence-electron chi connectivity index (χ0n) is 39.8. The van der Waals surface area contributed by atoms with Crippen molar-refractivity contribution < 1.29 is 28.6 Å². The molecule has 0 aliphatic carbocycles. The molecular formula is C52H100O6. The van der Waals surface area contributed by atoms with Gasteiger partial charge in [0.2, 0.25) is 0 Å². The minimum absolute atomic E-state index is 0.0652. The Balaban J connectivity index is 4.32. The van der Waals surface area contributed by atoms with Gasteiger partial charge in [-0.1, -0.05) is 241 Å². The van der Waals surface area contributed by atoms with Gasteiger partial charge >= 0.3 is 17.9 Å². The summed E-state index contributed by atoms with van der Waals surface area (Å²) in [6.45, 7) is 13.7. The first-order chi connectivity index (χ1) is 28.1. The van der Waals surface area contributed by atoms with Gasteiger partial charge in [-0.3, -0.25) is 14.4 Å². The van der Waals surface area contributed by atoms with Gasteiger partial charge in [-0.15, -0.1) is 0 Å². The molecule has 0 heterocycles. The average Bonchev–Trinajstić information content (AvgIpc) is 3.18. The molecule has 6 nitrogen and oxygen atoms in total. The van der Waals surface area contributed by atoms with Crippen molar-refractivity contribution in [2.75, 3.05) is 13.2 Å². The van der Waals surface area contributed by atoms with Crippen molar-refractivity contribution in [3.63, 3.8) is 0 Å². The molecule has 0 amide bonds. The molecule has 0 aliphatic heterocycles. The highest BCUT2D eigenvalue weighted by molar-refractivity contribution is 5.71. The van der Waals surface area contributed by atoms with Crippen molar-refractivity contribution in [2.24, 2.45) is 17.8 Å². The van der Waals surface area contributed by atoms with Crippen LogP contribution in [0.4, 0.5) is 0 Å². The summed E-state index contributed by atoms with van der Waals surface area (Å²) in [6, 6.07) is 0. The molecule has 0 bridgehead atoms. The van der Waals surface area contributed by atoms with E-state index in [9.17, 15) is 14.4 Å². The van der Waals surface area contributed by atoms with Gasteiger partial charge in [0.25, 0.3) is 0 Å². The maximum absolute atomic E-state index is 12.8. The highest BCUT2D eigenvalue weighted by Crippen LogP contribution is 2.17. The second-order valence-corrected chi connectivity index (χ2v) is 19.2. The molecule has 0 unspecified atom stereocenters. The second kappa shape index (κ2) is 43.5. The third kappa shape index (κ3) is 45.5. The Bertz CT molecular complexity index is 898. The minimum atomic E-state index is -0.762. The van der Waals surface area contributed by atoms with Crippen molar-refractivity contribution in [3.05, 3.63) is 0 Å². The van der Waals surface area contributed by atoms with E-state index in [2.05, 4.69) is 41.5 Å². The topological polar surface area (TPSA) is 78.9 Å². The summed E-state index contributed by atoms with van der Waals surface area (Å²) in [5.41, 5.74) is 0. The molecule has 0 saturated carbocycles. The summed E-state index contributed by atoms with van der Waals surface area (Å²) in [6.07, 6.45) is 42.4. The van der Waals surface area contributed by atoms with Gasteiger partial charge in [-0.2, -0.15) is 0 Å². The number of ether oxygens (including phenoxy) is 3. The normalized spacial score (nSPS) is 12.2. The molecule has 6 heteroatoms. The van der Waals surface area contributed by atoms with Crippen molar-refractivity contribution in [1.82, 2.24) is 0 Å². The Labute approximate surface area is 361 Å². The first kappa shape index (κ1) is 56.4. The molecule has 0 spiro atoms. The molecule has 0 aliphatic rings. The maximum Gasteiger partial charge on any atom is 0.306 e. The third-order valence-electron chi connectivity index (χ3n) is 11.6. The molecular weight excluding hydrogens is 721 g/mol. The van der Waals surface area contributed by atoms with Crippen molar-refractivity contribution in [1.29, 1.82) is 0 Å². The van der Waals surface area contributed by atoms with E-state index in [1.54, 1.807) is 0 Å². The molecule has 0 N–H and O–H groups in total. The second-order valence-electron chi connectivity index (χ2n) is 19.2. The molecule has 0 radical (unpaired) electrons.